The third kappa shape index (κ3) is 3.23. The fourth-order valence-electron chi connectivity index (χ4n) is 0.886. The number of hydrogen-bond acceptors (Lipinski definition) is 5. The molecule has 1 heterocycles. The van der Waals surface area contributed by atoms with Gasteiger partial charge in [-0.15, -0.1) is 0 Å². The second-order valence-electron chi connectivity index (χ2n) is 3.83. The van der Waals surface area contributed by atoms with Crippen LogP contribution in [0.15, 0.2) is 0 Å². The highest BCUT2D eigenvalue weighted by molar-refractivity contribution is 7.09. The van der Waals surface area contributed by atoms with E-state index in [9.17, 15) is 0 Å². The van der Waals surface area contributed by atoms with Crippen molar-refractivity contribution in [2.45, 2.75) is 26.7 Å². The van der Waals surface area contributed by atoms with Gasteiger partial charge in [0.25, 0.3) is 0 Å². The van der Waals surface area contributed by atoms with Crippen molar-refractivity contribution in [1.82, 2.24) is 9.36 Å². The van der Waals surface area contributed by atoms with Crippen LogP contribution < -0.4 is 11.1 Å². The summed E-state index contributed by atoms with van der Waals surface area (Å²) in [5.41, 5.74) is 5.52. The van der Waals surface area contributed by atoms with Gasteiger partial charge < -0.3 is 11.1 Å². The van der Waals surface area contributed by atoms with E-state index in [0.717, 1.165) is 17.5 Å². The van der Waals surface area contributed by atoms with Gasteiger partial charge in [-0.25, -0.2) is 4.98 Å². The second-order valence-corrected chi connectivity index (χ2v) is 4.59. The summed E-state index contributed by atoms with van der Waals surface area (Å²) < 4.78 is 4.26. The molecule has 80 valence electrons. The Bertz CT molecular complexity index is 272. The van der Waals surface area contributed by atoms with E-state index in [2.05, 4.69) is 35.4 Å². The molecule has 3 N–H and O–H groups in total. The highest BCUT2D eigenvalue weighted by Crippen LogP contribution is 2.17. The average Bonchev–Trinajstić information content (AvgIpc) is 2.62. The van der Waals surface area contributed by atoms with Gasteiger partial charge in [0.1, 0.15) is 5.82 Å². The number of anilines is 1. The van der Waals surface area contributed by atoms with Gasteiger partial charge >= 0.3 is 0 Å². The lowest BCUT2D eigenvalue weighted by Crippen LogP contribution is -2.19. The lowest BCUT2D eigenvalue weighted by molar-refractivity contribution is 0.627. The van der Waals surface area contributed by atoms with Gasteiger partial charge in [-0.1, -0.05) is 20.8 Å². The lowest BCUT2D eigenvalue weighted by Gasteiger charge is -2.07. The predicted molar refractivity (Wildman–Crippen MR) is 60.7 cm³/mol. The topological polar surface area (TPSA) is 63.8 Å². The van der Waals surface area contributed by atoms with Crippen molar-refractivity contribution < 1.29 is 0 Å². The molecular weight excluding hydrogens is 196 g/mol. The summed E-state index contributed by atoms with van der Waals surface area (Å²) in [6, 6.07) is 0. The predicted octanol–water partition coefficient (Wildman–Crippen LogP) is 1.67. The van der Waals surface area contributed by atoms with Crippen LogP contribution in [-0.2, 0) is 0 Å². The molecule has 0 saturated carbocycles. The molecule has 1 aromatic rings. The lowest BCUT2D eigenvalue weighted by atomic mass is 10.2. The Morgan fingerprint density at radius 3 is 2.64 bits per heavy atom. The molecule has 4 nitrogen and oxygen atoms in total. The first-order chi connectivity index (χ1) is 6.63. The maximum absolute atomic E-state index is 5.52. The molecule has 0 saturated heterocycles. The van der Waals surface area contributed by atoms with Gasteiger partial charge in [-0.2, -0.15) is 4.37 Å². The molecule has 5 heteroatoms. The summed E-state index contributed by atoms with van der Waals surface area (Å²) in [6.07, 6.45) is 0. The van der Waals surface area contributed by atoms with Crippen LogP contribution in [-0.4, -0.2) is 22.4 Å². The van der Waals surface area contributed by atoms with Crippen molar-refractivity contribution in [2.75, 3.05) is 18.4 Å². The van der Waals surface area contributed by atoms with Crippen molar-refractivity contribution in [3.63, 3.8) is 0 Å². The third-order valence-corrected chi connectivity index (χ3v) is 2.65. The third-order valence-electron chi connectivity index (χ3n) is 1.96. The molecule has 0 bridgehead atoms. The van der Waals surface area contributed by atoms with E-state index >= 15 is 0 Å². The quantitative estimate of drug-likeness (QED) is 0.782. The van der Waals surface area contributed by atoms with Crippen LogP contribution >= 0.6 is 11.5 Å². The van der Waals surface area contributed by atoms with Crippen LogP contribution in [0.1, 0.15) is 32.5 Å². The van der Waals surface area contributed by atoms with Crippen molar-refractivity contribution >= 4 is 16.7 Å². The summed E-state index contributed by atoms with van der Waals surface area (Å²) in [4.78, 5) is 4.37. The van der Waals surface area contributed by atoms with E-state index in [1.54, 1.807) is 0 Å². The number of nitrogens with zero attached hydrogens (tertiary/aromatic N) is 2. The molecule has 1 unspecified atom stereocenters. The molecular formula is C9H18N4S. The fourth-order valence-corrected chi connectivity index (χ4v) is 1.60. The molecule has 14 heavy (non-hydrogen) atoms. The van der Waals surface area contributed by atoms with E-state index in [-0.39, 0.29) is 0 Å². The van der Waals surface area contributed by atoms with Gasteiger partial charge in [0.05, 0.1) is 0 Å². The minimum Gasteiger partial charge on any atom is -0.360 e. The van der Waals surface area contributed by atoms with Crippen LogP contribution in [0.2, 0.25) is 0 Å². The molecule has 1 atom stereocenters. The SMILES string of the molecule is CC(CN)CNc1nc(C(C)C)ns1. The highest BCUT2D eigenvalue weighted by atomic mass is 32.1. The zero-order valence-electron chi connectivity index (χ0n) is 8.95. The summed E-state index contributed by atoms with van der Waals surface area (Å²) >= 11 is 1.42. The summed E-state index contributed by atoms with van der Waals surface area (Å²) in [6.45, 7) is 7.85. The van der Waals surface area contributed by atoms with E-state index in [1.807, 2.05) is 0 Å². The molecule has 0 fully saturated rings. The number of rotatable bonds is 5. The van der Waals surface area contributed by atoms with E-state index in [0.29, 0.717) is 18.4 Å². The average molecular weight is 214 g/mol. The van der Waals surface area contributed by atoms with Crippen LogP contribution in [0.4, 0.5) is 5.13 Å². The molecule has 0 aliphatic rings. The van der Waals surface area contributed by atoms with Crippen LogP contribution in [0.3, 0.4) is 0 Å². The molecule has 0 spiro atoms. The maximum atomic E-state index is 5.52. The number of nitrogens with one attached hydrogen (secondary N) is 1. The van der Waals surface area contributed by atoms with Crippen LogP contribution in [0, 0.1) is 5.92 Å². The van der Waals surface area contributed by atoms with Gasteiger partial charge in [0, 0.05) is 24.0 Å². The zero-order valence-corrected chi connectivity index (χ0v) is 9.77. The second kappa shape index (κ2) is 5.26. The highest BCUT2D eigenvalue weighted by Gasteiger charge is 2.07. The van der Waals surface area contributed by atoms with Gasteiger partial charge in [0.2, 0.25) is 5.13 Å². The van der Waals surface area contributed by atoms with Crippen molar-refractivity contribution in [3.05, 3.63) is 5.82 Å². The number of hydrogen-bond donors (Lipinski definition) is 2. The van der Waals surface area contributed by atoms with E-state index in [4.69, 9.17) is 5.73 Å². The molecule has 0 amide bonds. The minimum atomic E-state index is 0.397. The van der Waals surface area contributed by atoms with Crippen LogP contribution in [0.25, 0.3) is 0 Å². The fraction of sp³-hybridized carbons (Fsp3) is 0.778. The standard InChI is InChI=1S/C9H18N4S/c1-6(2)8-12-9(14-13-8)11-5-7(3)4-10/h6-7H,4-5,10H2,1-3H3,(H,11,12,13). The zero-order chi connectivity index (χ0) is 10.6. The van der Waals surface area contributed by atoms with Gasteiger partial charge in [-0.3, -0.25) is 0 Å². The Morgan fingerprint density at radius 1 is 1.43 bits per heavy atom. The van der Waals surface area contributed by atoms with Crippen molar-refractivity contribution in [1.29, 1.82) is 0 Å². The van der Waals surface area contributed by atoms with Crippen LogP contribution in [0.5, 0.6) is 0 Å². The van der Waals surface area contributed by atoms with Crippen molar-refractivity contribution in [3.8, 4) is 0 Å². The Balaban J connectivity index is 2.44. The largest absolute Gasteiger partial charge is 0.360 e. The van der Waals surface area contributed by atoms with Gasteiger partial charge in [-0.05, 0) is 12.5 Å². The maximum Gasteiger partial charge on any atom is 0.202 e. The minimum absolute atomic E-state index is 0.397. The first kappa shape index (κ1) is 11.4. The number of nitrogens with two attached hydrogens (primary N) is 1. The van der Waals surface area contributed by atoms with E-state index < -0.39 is 0 Å². The summed E-state index contributed by atoms with van der Waals surface area (Å²) in [7, 11) is 0. The monoisotopic (exact) mass is 214 g/mol. The molecule has 0 aromatic carbocycles. The normalized spacial score (nSPS) is 13.2. The first-order valence-electron chi connectivity index (χ1n) is 4.91. The molecule has 0 radical (unpaired) electrons. The van der Waals surface area contributed by atoms with Crippen molar-refractivity contribution in [2.24, 2.45) is 11.7 Å². The Hall–Kier alpha value is -0.680. The Kier molecular flexibility index (Phi) is 4.28. The van der Waals surface area contributed by atoms with E-state index in [1.165, 1.54) is 11.5 Å². The summed E-state index contributed by atoms with van der Waals surface area (Å²) in [5, 5.41) is 4.13. The molecule has 0 aliphatic heterocycles. The Labute approximate surface area is 89.1 Å². The molecule has 1 aromatic heterocycles. The smallest absolute Gasteiger partial charge is 0.202 e. The number of aromatic nitrogens is 2. The molecule has 0 aliphatic carbocycles. The van der Waals surface area contributed by atoms with Gasteiger partial charge in [0.15, 0.2) is 0 Å². The first-order valence-corrected chi connectivity index (χ1v) is 5.68. The summed E-state index contributed by atoms with van der Waals surface area (Å²) in [5.74, 6) is 1.79. The molecule has 1 rings (SSSR count). The Morgan fingerprint density at radius 2 is 2.14 bits per heavy atom.